The molecule has 4 heteroatoms. The number of fused-ring (bicyclic) bond motifs is 1. The molecule has 0 aliphatic carbocycles. The standard InChI is InChI=1S/C12H16ClNO2/c1-8(14-2)9-6-11-12(7-10(9)13)16-5-3-4-15-11/h6-8,14H,3-5H2,1-2H3. The molecule has 0 fully saturated rings. The number of hydrogen-bond acceptors (Lipinski definition) is 3. The first-order valence-electron chi connectivity index (χ1n) is 5.48. The highest BCUT2D eigenvalue weighted by atomic mass is 35.5. The largest absolute Gasteiger partial charge is 0.490 e. The molecule has 0 aromatic heterocycles. The molecule has 1 aliphatic heterocycles. The van der Waals surface area contributed by atoms with Crippen LogP contribution in [-0.4, -0.2) is 20.3 Å². The van der Waals surface area contributed by atoms with E-state index in [1.165, 1.54) is 0 Å². The fourth-order valence-electron chi connectivity index (χ4n) is 1.69. The van der Waals surface area contributed by atoms with Gasteiger partial charge in [-0.2, -0.15) is 0 Å². The lowest BCUT2D eigenvalue weighted by molar-refractivity contribution is 0.297. The molecule has 0 radical (unpaired) electrons. The van der Waals surface area contributed by atoms with Crippen molar-refractivity contribution in [3.63, 3.8) is 0 Å². The van der Waals surface area contributed by atoms with Crippen LogP contribution in [0.25, 0.3) is 0 Å². The summed E-state index contributed by atoms with van der Waals surface area (Å²) in [5.41, 5.74) is 1.04. The number of nitrogens with one attached hydrogen (secondary N) is 1. The molecule has 1 aliphatic rings. The lowest BCUT2D eigenvalue weighted by Gasteiger charge is -2.16. The molecule has 2 rings (SSSR count). The van der Waals surface area contributed by atoms with Gasteiger partial charge in [0.15, 0.2) is 11.5 Å². The zero-order valence-electron chi connectivity index (χ0n) is 9.55. The van der Waals surface area contributed by atoms with Crippen LogP contribution >= 0.6 is 11.6 Å². The summed E-state index contributed by atoms with van der Waals surface area (Å²) < 4.78 is 11.2. The van der Waals surface area contributed by atoms with Gasteiger partial charge in [-0.1, -0.05) is 11.6 Å². The number of halogens is 1. The van der Waals surface area contributed by atoms with Crippen LogP contribution in [0.5, 0.6) is 11.5 Å². The van der Waals surface area contributed by atoms with Gasteiger partial charge in [0.1, 0.15) is 0 Å². The van der Waals surface area contributed by atoms with Crippen molar-refractivity contribution in [3.05, 3.63) is 22.7 Å². The maximum absolute atomic E-state index is 6.21. The maximum atomic E-state index is 6.21. The molecule has 0 bridgehead atoms. The van der Waals surface area contributed by atoms with Crippen LogP contribution in [-0.2, 0) is 0 Å². The fraction of sp³-hybridized carbons (Fsp3) is 0.500. The Kier molecular flexibility index (Phi) is 3.56. The second-order valence-electron chi connectivity index (χ2n) is 3.88. The predicted octanol–water partition coefficient (Wildman–Crippen LogP) is 2.78. The molecule has 1 aromatic rings. The number of benzene rings is 1. The number of ether oxygens (including phenoxy) is 2. The highest BCUT2D eigenvalue weighted by Crippen LogP contribution is 2.37. The van der Waals surface area contributed by atoms with Crippen LogP contribution in [0.2, 0.25) is 5.02 Å². The minimum Gasteiger partial charge on any atom is -0.490 e. The lowest BCUT2D eigenvalue weighted by Crippen LogP contribution is -2.13. The fourth-order valence-corrected chi connectivity index (χ4v) is 2.00. The molecule has 1 atom stereocenters. The predicted molar refractivity (Wildman–Crippen MR) is 64.5 cm³/mol. The van der Waals surface area contributed by atoms with E-state index in [4.69, 9.17) is 21.1 Å². The Labute approximate surface area is 101 Å². The summed E-state index contributed by atoms with van der Waals surface area (Å²) in [6, 6.07) is 4.00. The third-order valence-electron chi connectivity index (χ3n) is 2.77. The smallest absolute Gasteiger partial charge is 0.162 e. The van der Waals surface area contributed by atoms with E-state index in [2.05, 4.69) is 12.2 Å². The SMILES string of the molecule is CNC(C)c1cc2c(cc1Cl)OCCCO2. The monoisotopic (exact) mass is 241 g/mol. The van der Waals surface area contributed by atoms with E-state index in [0.29, 0.717) is 18.2 Å². The van der Waals surface area contributed by atoms with Crippen molar-refractivity contribution in [2.45, 2.75) is 19.4 Å². The first-order valence-corrected chi connectivity index (χ1v) is 5.86. The van der Waals surface area contributed by atoms with Crippen molar-refractivity contribution in [2.75, 3.05) is 20.3 Å². The molecule has 88 valence electrons. The highest BCUT2D eigenvalue weighted by Gasteiger charge is 2.16. The van der Waals surface area contributed by atoms with Crippen molar-refractivity contribution in [3.8, 4) is 11.5 Å². The molecular weight excluding hydrogens is 226 g/mol. The minimum atomic E-state index is 0.199. The quantitative estimate of drug-likeness (QED) is 0.864. The molecule has 0 saturated carbocycles. The summed E-state index contributed by atoms with van der Waals surface area (Å²) in [5.74, 6) is 1.54. The Morgan fingerprint density at radius 1 is 1.25 bits per heavy atom. The molecule has 1 unspecified atom stereocenters. The topological polar surface area (TPSA) is 30.5 Å². The molecule has 16 heavy (non-hydrogen) atoms. The molecule has 0 saturated heterocycles. The van der Waals surface area contributed by atoms with Crippen LogP contribution < -0.4 is 14.8 Å². The molecule has 0 amide bonds. The Morgan fingerprint density at radius 3 is 2.50 bits per heavy atom. The Balaban J connectivity index is 2.38. The van der Waals surface area contributed by atoms with E-state index in [0.717, 1.165) is 23.5 Å². The number of hydrogen-bond donors (Lipinski definition) is 1. The van der Waals surface area contributed by atoms with Gasteiger partial charge in [0.25, 0.3) is 0 Å². The van der Waals surface area contributed by atoms with Crippen LogP contribution in [0.15, 0.2) is 12.1 Å². The molecule has 3 nitrogen and oxygen atoms in total. The first-order chi connectivity index (χ1) is 7.72. The van der Waals surface area contributed by atoms with Gasteiger partial charge in [-0.3, -0.25) is 0 Å². The average molecular weight is 242 g/mol. The summed E-state index contributed by atoms with van der Waals surface area (Å²) >= 11 is 6.21. The maximum Gasteiger partial charge on any atom is 0.162 e. The zero-order valence-corrected chi connectivity index (χ0v) is 10.3. The Bertz CT molecular complexity index is 382. The van der Waals surface area contributed by atoms with E-state index < -0.39 is 0 Å². The number of rotatable bonds is 2. The summed E-state index contributed by atoms with van der Waals surface area (Å²) in [6.45, 7) is 3.44. The van der Waals surface area contributed by atoms with Crippen LogP contribution in [0.4, 0.5) is 0 Å². The average Bonchev–Trinajstić information content (AvgIpc) is 2.51. The molecule has 1 aromatic carbocycles. The van der Waals surface area contributed by atoms with E-state index in [1.54, 1.807) is 0 Å². The van der Waals surface area contributed by atoms with E-state index in [9.17, 15) is 0 Å². The van der Waals surface area contributed by atoms with Gasteiger partial charge in [0, 0.05) is 23.6 Å². The summed E-state index contributed by atoms with van der Waals surface area (Å²) in [7, 11) is 1.91. The third-order valence-corrected chi connectivity index (χ3v) is 3.09. The molecule has 1 heterocycles. The van der Waals surface area contributed by atoms with Crippen molar-refractivity contribution < 1.29 is 9.47 Å². The van der Waals surface area contributed by atoms with Crippen LogP contribution in [0, 0.1) is 0 Å². The molecular formula is C12H16ClNO2. The highest BCUT2D eigenvalue weighted by molar-refractivity contribution is 6.31. The second-order valence-corrected chi connectivity index (χ2v) is 4.29. The molecule has 1 N–H and O–H groups in total. The van der Waals surface area contributed by atoms with Gasteiger partial charge in [0.05, 0.1) is 13.2 Å². The van der Waals surface area contributed by atoms with Crippen molar-refractivity contribution in [1.29, 1.82) is 0 Å². The Morgan fingerprint density at radius 2 is 1.88 bits per heavy atom. The van der Waals surface area contributed by atoms with Gasteiger partial charge in [0.2, 0.25) is 0 Å². The van der Waals surface area contributed by atoms with Gasteiger partial charge in [-0.25, -0.2) is 0 Å². The van der Waals surface area contributed by atoms with E-state index in [1.807, 2.05) is 19.2 Å². The van der Waals surface area contributed by atoms with E-state index in [-0.39, 0.29) is 6.04 Å². The minimum absolute atomic E-state index is 0.199. The van der Waals surface area contributed by atoms with Gasteiger partial charge >= 0.3 is 0 Å². The summed E-state index contributed by atoms with van der Waals surface area (Å²) in [6.07, 6.45) is 0.906. The zero-order chi connectivity index (χ0) is 11.5. The Hall–Kier alpha value is -0.930. The van der Waals surface area contributed by atoms with Crippen molar-refractivity contribution in [2.24, 2.45) is 0 Å². The normalized spacial score (nSPS) is 16.7. The summed E-state index contributed by atoms with van der Waals surface area (Å²) in [4.78, 5) is 0. The summed E-state index contributed by atoms with van der Waals surface area (Å²) in [5, 5.41) is 3.88. The van der Waals surface area contributed by atoms with Gasteiger partial charge < -0.3 is 14.8 Å². The third kappa shape index (κ3) is 2.25. The van der Waals surface area contributed by atoms with E-state index >= 15 is 0 Å². The van der Waals surface area contributed by atoms with Crippen LogP contribution in [0.3, 0.4) is 0 Å². The lowest BCUT2D eigenvalue weighted by atomic mass is 10.1. The van der Waals surface area contributed by atoms with Crippen molar-refractivity contribution in [1.82, 2.24) is 5.32 Å². The second kappa shape index (κ2) is 4.93. The van der Waals surface area contributed by atoms with Crippen molar-refractivity contribution >= 4 is 11.6 Å². The first kappa shape index (κ1) is 11.6. The molecule has 0 spiro atoms. The van der Waals surface area contributed by atoms with Gasteiger partial charge in [-0.05, 0) is 25.6 Å². The van der Waals surface area contributed by atoms with Crippen LogP contribution in [0.1, 0.15) is 24.9 Å². The van der Waals surface area contributed by atoms with Gasteiger partial charge in [-0.15, -0.1) is 0 Å².